The Balaban J connectivity index is 2.17. The highest BCUT2D eigenvalue weighted by Gasteiger charge is 2.13. The van der Waals surface area contributed by atoms with Crippen LogP contribution in [0.5, 0.6) is 5.75 Å². The van der Waals surface area contributed by atoms with Crippen LogP contribution in [0.4, 0.5) is 4.39 Å². The summed E-state index contributed by atoms with van der Waals surface area (Å²) in [5, 5.41) is 10.8. The minimum absolute atomic E-state index is 0.0601. The third-order valence-corrected chi connectivity index (χ3v) is 3.58. The van der Waals surface area contributed by atoms with Crippen LogP contribution in [0.2, 0.25) is 5.02 Å². The van der Waals surface area contributed by atoms with Crippen LogP contribution in [0.25, 0.3) is 22.3 Å². The van der Waals surface area contributed by atoms with Gasteiger partial charge in [-0.3, -0.25) is 0 Å². The third-order valence-electron chi connectivity index (χ3n) is 3.34. The summed E-state index contributed by atoms with van der Waals surface area (Å²) in [6.07, 6.45) is 0. The SMILES string of the molecule is Oc1c(-c2ccccc2)cccc1-c1ccc(Cl)cc1F. The van der Waals surface area contributed by atoms with Gasteiger partial charge >= 0.3 is 0 Å². The Morgan fingerprint density at radius 1 is 0.762 bits per heavy atom. The molecule has 3 aromatic rings. The van der Waals surface area contributed by atoms with Gasteiger partial charge in [0.1, 0.15) is 11.6 Å². The summed E-state index contributed by atoms with van der Waals surface area (Å²) in [6.45, 7) is 0. The Morgan fingerprint density at radius 2 is 1.48 bits per heavy atom. The molecular formula is C18H12ClFO. The summed E-state index contributed by atoms with van der Waals surface area (Å²) in [5.74, 6) is -0.395. The molecule has 0 unspecified atom stereocenters. The molecule has 0 aliphatic heterocycles. The van der Waals surface area contributed by atoms with Crippen LogP contribution < -0.4 is 0 Å². The van der Waals surface area contributed by atoms with Crippen molar-refractivity contribution in [3.05, 3.63) is 77.6 Å². The lowest BCUT2D eigenvalue weighted by Crippen LogP contribution is -1.87. The molecule has 0 spiro atoms. The van der Waals surface area contributed by atoms with Gasteiger partial charge in [0.25, 0.3) is 0 Å². The fraction of sp³-hybridized carbons (Fsp3) is 0. The van der Waals surface area contributed by atoms with Gasteiger partial charge in [-0.05, 0) is 23.8 Å². The van der Waals surface area contributed by atoms with Crippen LogP contribution >= 0.6 is 11.6 Å². The number of hydrogen-bond donors (Lipinski definition) is 1. The van der Waals surface area contributed by atoms with Crippen molar-refractivity contribution in [3.8, 4) is 28.0 Å². The minimum atomic E-state index is -0.456. The molecule has 3 aromatic carbocycles. The molecule has 0 fully saturated rings. The summed E-state index contributed by atoms with van der Waals surface area (Å²) in [6, 6.07) is 19.2. The molecule has 0 bridgehead atoms. The molecule has 0 aliphatic rings. The maximum atomic E-state index is 14.1. The van der Waals surface area contributed by atoms with Crippen molar-refractivity contribution in [2.75, 3.05) is 0 Å². The Hall–Kier alpha value is -2.32. The van der Waals surface area contributed by atoms with Gasteiger partial charge < -0.3 is 5.11 Å². The Labute approximate surface area is 127 Å². The summed E-state index contributed by atoms with van der Waals surface area (Å²) >= 11 is 5.77. The van der Waals surface area contributed by atoms with E-state index in [2.05, 4.69) is 0 Å². The lowest BCUT2D eigenvalue weighted by Gasteiger charge is -2.11. The van der Waals surface area contributed by atoms with Crippen LogP contribution in [-0.2, 0) is 0 Å². The first-order valence-electron chi connectivity index (χ1n) is 6.49. The number of hydrogen-bond acceptors (Lipinski definition) is 1. The van der Waals surface area contributed by atoms with E-state index in [9.17, 15) is 9.50 Å². The number of benzene rings is 3. The summed E-state index contributed by atoms with van der Waals surface area (Å²) < 4.78 is 14.1. The van der Waals surface area contributed by atoms with Crippen molar-refractivity contribution < 1.29 is 9.50 Å². The molecule has 0 aromatic heterocycles. The highest BCUT2D eigenvalue weighted by Crippen LogP contribution is 2.39. The molecule has 0 amide bonds. The number of phenolic OH excluding ortho intramolecular Hbond substituents is 1. The Morgan fingerprint density at radius 3 is 2.19 bits per heavy atom. The molecule has 3 rings (SSSR count). The standard InChI is InChI=1S/C18H12ClFO/c19-13-9-10-15(17(20)11-13)16-8-4-7-14(18(16)21)12-5-2-1-3-6-12/h1-11,21H. The van der Waals surface area contributed by atoms with Crippen molar-refractivity contribution in [1.29, 1.82) is 0 Å². The molecule has 104 valence electrons. The largest absolute Gasteiger partial charge is 0.507 e. The molecule has 0 saturated carbocycles. The number of para-hydroxylation sites is 1. The molecule has 1 nitrogen and oxygen atoms in total. The minimum Gasteiger partial charge on any atom is -0.507 e. The molecule has 21 heavy (non-hydrogen) atoms. The third kappa shape index (κ3) is 2.63. The number of rotatable bonds is 2. The fourth-order valence-corrected chi connectivity index (χ4v) is 2.48. The predicted octanol–water partition coefficient (Wildman–Crippen LogP) is 5.52. The molecular weight excluding hydrogens is 287 g/mol. The van der Waals surface area contributed by atoms with E-state index in [0.717, 1.165) is 5.56 Å². The summed E-state index contributed by atoms with van der Waals surface area (Å²) in [5.41, 5.74) is 2.33. The van der Waals surface area contributed by atoms with E-state index in [1.165, 1.54) is 6.07 Å². The van der Waals surface area contributed by atoms with Crippen LogP contribution in [0, 0.1) is 5.82 Å². The first-order valence-corrected chi connectivity index (χ1v) is 6.87. The van der Waals surface area contributed by atoms with Gasteiger partial charge in [0.15, 0.2) is 0 Å². The highest BCUT2D eigenvalue weighted by atomic mass is 35.5. The lowest BCUT2D eigenvalue weighted by atomic mass is 9.97. The van der Waals surface area contributed by atoms with Crippen molar-refractivity contribution in [2.45, 2.75) is 0 Å². The first-order chi connectivity index (χ1) is 10.2. The van der Waals surface area contributed by atoms with Gasteiger partial charge in [0, 0.05) is 21.7 Å². The number of halogens is 2. The van der Waals surface area contributed by atoms with Gasteiger partial charge in [-0.15, -0.1) is 0 Å². The smallest absolute Gasteiger partial charge is 0.132 e. The average Bonchev–Trinajstić information content (AvgIpc) is 2.49. The molecule has 0 radical (unpaired) electrons. The summed E-state index contributed by atoms with van der Waals surface area (Å²) in [7, 11) is 0. The Bertz CT molecular complexity index is 784. The van der Waals surface area contributed by atoms with Crippen LogP contribution in [0.3, 0.4) is 0 Å². The first kappa shape index (κ1) is 13.7. The molecule has 0 saturated heterocycles. The zero-order valence-corrected chi connectivity index (χ0v) is 11.8. The fourth-order valence-electron chi connectivity index (χ4n) is 2.32. The Kier molecular flexibility index (Phi) is 3.63. The van der Waals surface area contributed by atoms with E-state index < -0.39 is 5.82 Å². The van der Waals surface area contributed by atoms with Gasteiger partial charge in [-0.2, -0.15) is 0 Å². The van der Waals surface area contributed by atoms with Crippen molar-refractivity contribution >= 4 is 11.6 Å². The maximum Gasteiger partial charge on any atom is 0.132 e. The van der Waals surface area contributed by atoms with E-state index in [1.54, 1.807) is 24.3 Å². The topological polar surface area (TPSA) is 20.2 Å². The zero-order chi connectivity index (χ0) is 14.8. The van der Waals surface area contributed by atoms with Crippen LogP contribution in [-0.4, -0.2) is 5.11 Å². The number of aromatic hydroxyl groups is 1. The van der Waals surface area contributed by atoms with E-state index in [-0.39, 0.29) is 5.75 Å². The zero-order valence-electron chi connectivity index (χ0n) is 11.1. The van der Waals surface area contributed by atoms with Gasteiger partial charge in [-0.1, -0.05) is 60.1 Å². The average molecular weight is 299 g/mol. The van der Waals surface area contributed by atoms with Crippen LogP contribution in [0.1, 0.15) is 0 Å². The molecule has 3 heteroatoms. The van der Waals surface area contributed by atoms with Crippen molar-refractivity contribution in [1.82, 2.24) is 0 Å². The second kappa shape index (κ2) is 5.58. The highest BCUT2D eigenvalue weighted by molar-refractivity contribution is 6.30. The van der Waals surface area contributed by atoms with Gasteiger partial charge in [0.05, 0.1) is 0 Å². The second-order valence-corrected chi connectivity index (χ2v) is 5.13. The monoisotopic (exact) mass is 298 g/mol. The second-order valence-electron chi connectivity index (χ2n) is 4.69. The van der Waals surface area contributed by atoms with Gasteiger partial charge in [0.2, 0.25) is 0 Å². The molecule has 0 heterocycles. The van der Waals surface area contributed by atoms with Crippen molar-refractivity contribution in [2.24, 2.45) is 0 Å². The molecule has 0 aliphatic carbocycles. The maximum absolute atomic E-state index is 14.1. The van der Waals surface area contributed by atoms with E-state index in [4.69, 9.17) is 11.6 Å². The van der Waals surface area contributed by atoms with E-state index >= 15 is 0 Å². The molecule has 1 N–H and O–H groups in total. The van der Waals surface area contributed by atoms with Crippen molar-refractivity contribution in [3.63, 3.8) is 0 Å². The number of phenols is 1. The quantitative estimate of drug-likeness (QED) is 0.660. The summed E-state index contributed by atoms with van der Waals surface area (Å²) in [4.78, 5) is 0. The molecule has 0 atom stereocenters. The van der Waals surface area contributed by atoms with E-state index in [0.29, 0.717) is 21.7 Å². The predicted molar refractivity (Wildman–Crippen MR) is 83.9 cm³/mol. The normalized spacial score (nSPS) is 10.6. The lowest BCUT2D eigenvalue weighted by molar-refractivity contribution is 0.478. The van der Waals surface area contributed by atoms with E-state index in [1.807, 2.05) is 36.4 Å². The van der Waals surface area contributed by atoms with Crippen LogP contribution in [0.15, 0.2) is 66.7 Å². The van der Waals surface area contributed by atoms with Gasteiger partial charge in [-0.25, -0.2) is 4.39 Å².